The van der Waals surface area contributed by atoms with E-state index < -0.39 is 0 Å². The van der Waals surface area contributed by atoms with E-state index in [4.69, 9.17) is 5.73 Å². The molecule has 5 heteroatoms. The van der Waals surface area contributed by atoms with Gasteiger partial charge in [0.25, 0.3) is 0 Å². The molecule has 0 atom stereocenters. The highest BCUT2D eigenvalue weighted by atomic mass is 32.1. The number of nitrogens with zero attached hydrogens (tertiary/aromatic N) is 2. The van der Waals surface area contributed by atoms with E-state index in [1.165, 1.54) is 26.7 Å². The number of rotatable bonds is 6. The molecular formula is C17H28N4S. The van der Waals surface area contributed by atoms with Crippen LogP contribution in [-0.2, 0) is 6.54 Å². The van der Waals surface area contributed by atoms with Crippen LogP contribution in [0.3, 0.4) is 0 Å². The van der Waals surface area contributed by atoms with Crippen LogP contribution in [0, 0.1) is 6.92 Å². The van der Waals surface area contributed by atoms with Gasteiger partial charge < -0.3 is 20.9 Å². The zero-order valence-electron chi connectivity index (χ0n) is 14.2. The molecule has 122 valence electrons. The third-order valence-electron chi connectivity index (χ3n) is 4.10. The van der Waals surface area contributed by atoms with Gasteiger partial charge in [-0.3, -0.25) is 0 Å². The van der Waals surface area contributed by atoms with E-state index in [1.807, 2.05) is 11.3 Å². The molecule has 0 saturated heterocycles. The van der Waals surface area contributed by atoms with Crippen LogP contribution in [0.1, 0.15) is 36.3 Å². The Bertz CT molecular complexity index is 573. The Hall–Kier alpha value is -1.30. The lowest BCUT2D eigenvalue weighted by Crippen LogP contribution is -2.35. The van der Waals surface area contributed by atoms with Crippen molar-refractivity contribution in [2.24, 2.45) is 5.73 Å². The van der Waals surface area contributed by atoms with Crippen LogP contribution < -0.4 is 16.0 Å². The van der Waals surface area contributed by atoms with Gasteiger partial charge in [0.05, 0.1) is 0 Å². The zero-order chi connectivity index (χ0) is 16.3. The molecule has 22 heavy (non-hydrogen) atoms. The molecule has 0 unspecified atom stereocenters. The van der Waals surface area contributed by atoms with Crippen molar-refractivity contribution in [2.45, 2.75) is 33.7 Å². The third kappa shape index (κ3) is 2.93. The molecule has 0 aromatic carbocycles. The Morgan fingerprint density at radius 2 is 2.09 bits per heavy atom. The minimum atomic E-state index is 0.672. The minimum absolute atomic E-state index is 0.672. The van der Waals surface area contributed by atoms with E-state index in [-0.39, 0.29) is 0 Å². The van der Waals surface area contributed by atoms with Gasteiger partial charge in [0.2, 0.25) is 0 Å². The summed E-state index contributed by atoms with van der Waals surface area (Å²) in [5, 5.41) is 4.71. The molecule has 2 heterocycles. The first-order chi connectivity index (χ1) is 10.6. The van der Waals surface area contributed by atoms with Gasteiger partial charge in [-0.1, -0.05) is 19.6 Å². The van der Waals surface area contributed by atoms with E-state index in [0.717, 1.165) is 31.9 Å². The minimum Gasteiger partial charge on any atom is -0.329 e. The summed E-state index contributed by atoms with van der Waals surface area (Å²) < 4.78 is 0. The molecule has 1 aliphatic rings. The van der Waals surface area contributed by atoms with E-state index in [1.54, 1.807) is 0 Å². The first-order valence-electron chi connectivity index (χ1n) is 8.00. The maximum atomic E-state index is 5.57. The lowest BCUT2D eigenvalue weighted by atomic mass is 10.0. The SMILES string of the molecule is C=C1N(CC)C(=CCC)c2c(sc(CNCCN)c2C)N1C. The quantitative estimate of drug-likeness (QED) is 0.791. The maximum absolute atomic E-state index is 5.57. The average Bonchev–Trinajstić information content (AvgIpc) is 2.83. The molecular weight excluding hydrogens is 292 g/mol. The Balaban J connectivity index is 2.47. The van der Waals surface area contributed by atoms with Crippen molar-refractivity contribution in [1.82, 2.24) is 10.2 Å². The van der Waals surface area contributed by atoms with Crippen molar-refractivity contribution in [3.05, 3.63) is 34.5 Å². The summed E-state index contributed by atoms with van der Waals surface area (Å²) >= 11 is 1.86. The number of anilines is 1. The lowest BCUT2D eigenvalue weighted by molar-refractivity contribution is 0.493. The van der Waals surface area contributed by atoms with Crippen LogP contribution in [-0.4, -0.2) is 31.6 Å². The maximum Gasteiger partial charge on any atom is 0.106 e. The zero-order valence-corrected chi connectivity index (χ0v) is 15.0. The van der Waals surface area contributed by atoms with E-state index in [9.17, 15) is 0 Å². The average molecular weight is 321 g/mol. The molecule has 0 radical (unpaired) electrons. The summed E-state index contributed by atoms with van der Waals surface area (Å²) in [4.78, 5) is 5.91. The molecule has 0 saturated carbocycles. The highest BCUT2D eigenvalue weighted by molar-refractivity contribution is 7.16. The van der Waals surface area contributed by atoms with Crippen LogP contribution in [0.4, 0.5) is 5.00 Å². The van der Waals surface area contributed by atoms with Crippen molar-refractivity contribution in [1.29, 1.82) is 0 Å². The molecule has 3 N–H and O–H groups in total. The second kappa shape index (κ2) is 7.31. The standard InChI is InChI=1S/C17H28N4S/c1-6-8-14-16-12(3)15(11-19-10-9-18)22-17(16)20(5)13(4)21(14)7-2/h8,19H,4,6-7,9-11,18H2,1-3,5H3. The van der Waals surface area contributed by atoms with Crippen LogP contribution in [0.2, 0.25) is 0 Å². The van der Waals surface area contributed by atoms with Gasteiger partial charge in [-0.25, -0.2) is 0 Å². The fourth-order valence-corrected chi connectivity index (χ4v) is 4.15. The first-order valence-corrected chi connectivity index (χ1v) is 8.82. The fraction of sp³-hybridized carbons (Fsp3) is 0.529. The molecule has 0 aliphatic carbocycles. The second-order valence-electron chi connectivity index (χ2n) is 5.51. The van der Waals surface area contributed by atoms with Crippen molar-refractivity contribution in [3.63, 3.8) is 0 Å². The molecule has 0 spiro atoms. The van der Waals surface area contributed by atoms with Crippen molar-refractivity contribution in [3.8, 4) is 0 Å². The number of nitrogens with two attached hydrogens (primary N) is 1. The van der Waals surface area contributed by atoms with Gasteiger partial charge in [-0.15, -0.1) is 11.3 Å². The van der Waals surface area contributed by atoms with Gasteiger partial charge in [0, 0.05) is 49.4 Å². The number of hydrogen-bond donors (Lipinski definition) is 2. The third-order valence-corrected chi connectivity index (χ3v) is 5.47. The molecule has 0 fully saturated rings. The Labute approximate surface area is 138 Å². The molecule has 1 aromatic heterocycles. The highest BCUT2D eigenvalue weighted by Crippen LogP contribution is 2.46. The Kier molecular flexibility index (Phi) is 5.67. The van der Waals surface area contributed by atoms with Gasteiger partial charge in [-0.05, 0) is 25.8 Å². The molecule has 1 aliphatic heterocycles. The van der Waals surface area contributed by atoms with Gasteiger partial charge in [0.1, 0.15) is 10.8 Å². The van der Waals surface area contributed by atoms with E-state index in [0.29, 0.717) is 6.54 Å². The fourth-order valence-electron chi connectivity index (χ4n) is 2.89. The predicted molar refractivity (Wildman–Crippen MR) is 98.0 cm³/mol. The summed E-state index contributed by atoms with van der Waals surface area (Å²) in [6, 6.07) is 0. The molecule has 4 nitrogen and oxygen atoms in total. The molecule has 0 amide bonds. The summed E-state index contributed by atoms with van der Waals surface area (Å²) in [6.07, 6.45) is 3.34. The highest BCUT2D eigenvalue weighted by Gasteiger charge is 2.31. The van der Waals surface area contributed by atoms with E-state index >= 15 is 0 Å². The summed E-state index contributed by atoms with van der Waals surface area (Å²) in [7, 11) is 2.11. The smallest absolute Gasteiger partial charge is 0.106 e. The van der Waals surface area contributed by atoms with Gasteiger partial charge in [-0.2, -0.15) is 0 Å². The second-order valence-corrected chi connectivity index (χ2v) is 6.60. The number of hydrogen-bond acceptors (Lipinski definition) is 5. The topological polar surface area (TPSA) is 44.5 Å². The van der Waals surface area contributed by atoms with Crippen LogP contribution in [0.5, 0.6) is 0 Å². The van der Waals surface area contributed by atoms with Gasteiger partial charge in [0.15, 0.2) is 0 Å². The Morgan fingerprint density at radius 3 is 2.68 bits per heavy atom. The predicted octanol–water partition coefficient (Wildman–Crippen LogP) is 3.10. The Morgan fingerprint density at radius 1 is 1.36 bits per heavy atom. The largest absolute Gasteiger partial charge is 0.329 e. The molecule has 1 aromatic rings. The number of thiophene rings is 1. The number of allylic oxidation sites excluding steroid dienone is 1. The summed E-state index contributed by atoms with van der Waals surface area (Å²) in [5.41, 5.74) is 9.62. The number of nitrogens with one attached hydrogen (secondary N) is 1. The summed E-state index contributed by atoms with van der Waals surface area (Å²) in [5.74, 6) is 1.05. The molecule has 2 rings (SSSR count). The summed E-state index contributed by atoms with van der Waals surface area (Å²) in [6.45, 7) is 14.2. The van der Waals surface area contributed by atoms with Crippen molar-refractivity contribution >= 4 is 22.0 Å². The van der Waals surface area contributed by atoms with Crippen LogP contribution in [0.15, 0.2) is 18.5 Å². The first kappa shape index (κ1) is 17.1. The van der Waals surface area contributed by atoms with Crippen LogP contribution in [0.25, 0.3) is 5.70 Å². The van der Waals surface area contributed by atoms with Crippen molar-refractivity contribution < 1.29 is 0 Å². The molecule has 0 bridgehead atoms. The van der Waals surface area contributed by atoms with Crippen LogP contribution >= 0.6 is 11.3 Å². The normalized spacial score (nSPS) is 16.6. The lowest BCUT2D eigenvalue weighted by Gasteiger charge is -2.39. The van der Waals surface area contributed by atoms with Crippen molar-refractivity contribution in [2.75, 3.05) is 31.6 Å². The van der Waals surface area contributed by atoms with E-state index in [2.05, 4.69) is 55.6 Å². The monoisotopic (exact) mass is 320 g/mol. The van der Waals surface area contributed by atoms with Gasteiger partial charge >= 0.3 is 0 Å². The number of fused-ring (bicyclic) bond motifs is 1.